The van der Waals surface area contributed by atoms with Crippen LogP contribution in [0.5, 0.6) is 11.5 Å². The lowest BCUT2D eigenvalue weighted by molar-refractivity contribution is 0.0947. The Kier molecular flexibility index (Phi) is 7.48. The van der Waals surface area contributed by atoms with Crippen molar-refractivity contribution in [2.24, 2.45) is 0 Å². The highest BCUT2D eigenvalue weighted by molar-refractivity contribution is 5.97. The van der Waals surface area contributed by atoms with E-state index in [9.17, 15) is 9.90 Å². The summed E-state index contributed by atoms with van der Waals surface area (Å²) in [6.07, 6.45) is 0. The number of likely N-dealkylation sites (N-methyl/N-ethyl adjacent to an activating group) is 1. The van der Waals surface area contributed by atoms with E-state index in [1.807, 2.05) is 24.3 Å². The van der Waals surface area contributed by atoms with Crippen LogP contribution < -0.4 is 10.1 Å². The zero-order valence-electron chi connectivity index (χ0n) is 15.8. The van der Waals surface area contributed by atoms with Crippen molar-refractivity contribution in [2.45, 2.75) is 27.3 Å². The van der Waals surface area contributed by atoms with E-state index in [-0.39, 0.29) is 17.2 Å². The van der Waals surface area contributed by atoms with Crippen molar-refractivity contribution in [1.82, 2.24) is 10.2 Å². The Morgan fingerprint density at radius 3 is 2.58 bits per heavy atom. The van der Waals surface area contributed by atoms with Gasteiger partial charge in [-0.25, -0.2) is 0 Å². The van der Waals surface area contributed by atoms with Crippen LogP contribution in [0.4, 0.5) is 0 Å². The van der Waals surface area contributed by atoms with Gasteiger partial charge in [-0.1, -0.05) is 44.2 Å². The number of carbonyl (C=O) groups excluding carboxylic acids is 1. The second-order valence-electron chi connectivity index (χ2n) is 6.14. The van der Waals surface area contributed by atoms with Gasteiger partial charge in [0.15, 0.2) is 0 Å². The Morgan fingerprint density at radius 1 is 1.12 bits per heavy atom. The molecule has 2 rings (SSSR count). The minimum absolute atomic E-state index is 0.0220. The molecule has 2 aromatic carbocycles. The normalized spacial score (nSPS) is 10.8. The summed E-state index contributed by atoms with van der Waals surface area (Å²) in [7, 11) is 0. The summed E-state index contributed by atoms with van der Waals surface area (Å²) in [5.41, 5.74) is 1.87. The summed E-state index contributed by atoms with van der Waals surface area (Å²) in [6, 6.07) is 12.8. The standard InChI is InChI=1S/C21H28N2O3/c1-4-23(5-2)13-14-26-19-12-7-6-10-17(19)15-22-21(25)18-11-8-9-16(3)20(18)24/h6-12,24H,4-5,13-15H2,1-3H3,(H,22,25). The van der Waals surface area contributed by atoms with Crippen molar-refractivity contribution in [3.8, 4) is 11.5 Å². The van der Waals surface area contributed by atoms with Crippen LogP contribution in [-0.2, 0) is 6.54 Å². The maximum Gasteiger partial charge on any atom is 0.255 e. The smallest absolute Gasteiger partial charge is 0.255 e. The molecule has 0 saturated heterocycles. The molecule has 0 fully saturated rings. The number of phenolic OH excluding ortho intramolecular Hbond substituents is 1. The Bertz CT molecular complexity index is 727. The van der Waals surface area contributed by atoms with Crippen LogP contribution in [0.2, 0.25) is 0 Å². The van der Waals surface area contributed by atoms with E-state index in [1.54, 1.807) is 25.1 Å². The second kappa shape index (κ2) is 9.82. The quantitative estimate of drug-likeness (QED) is 0.723. The number of para-hydroxylation sites is 2. The first-order valence-electron chi connectivity index (χ1n) is 9.06. The summed E-state index contributed by atoms with van der Waals surface area (Å²) >= 11 is 0. The fourth-order valence-corrected chi connectivity index (χ4v) is 2.73. The molecular formula is C21H28N2O3. The first-order valence-corrected chi connectivity index (χ1v) is 9.06. The Morgan fingerprint density at radius 2 is 1.85 bits per heavy atom. The third-order valence-corrected chi connectivity index (χ3v) is 4.45. The SMILES string of the molecule is CCN(CC)CCOc1ccccc1CNC(=O)c1cccc(C)c1O. The van der Waals surface area contributed by atoms with E-state index < -0.39 is 0 Å². The van der Waals surface area contributed by atoms with E-state index >= 15 is 0 Å². The molecule has 26 heavy (non-hydrogen) atoms. The molecule has 0 unspecified atom stereocenters. The molecule has 0 bridgehead atoms. The van der Waals surface area contributed by atoms with Gasteiger partial charge in [0.2, 0.25) is 0 Å². The predicted octanol–water partition coefficient (Wildman–Crippen LogP) is 3.35. The van der Waals surface area contributed by atoms with Crippen molar-refractivity contribution in [2.75, 3.05) is 26.2 Å². The van der Waals surface area contributed by atoms with Gasteiger partial charge < -0.3 is 20.1 Å². The molecule has 140 valence electrons. The number of carbonyl (C=O) groups is 1. The molecule has 0 atom stereocenters. The number of ether oxygens (including phenoxy) is 1. The molecule has 5 nitrogen and oxygen atoms in total. The van der Waals surface area contributed by atoms with Crippen molar-refractivity contribution < 1.29 is 14.6 Å². The number of rotatable bonds is 9. The maximum atomic E-state index is 12.4. The number of aryl methyl sites for hydroxylation is 1. The number of hydrogen-bond acceptors (Lipinski definition) is 4. The van der Waals surface area contributed by atoms with Gasteiger partial charge in [0, 0.05) is 18.7 Å². The fraction of sp³-hybridized carbons (Fsp3) is 0.381. The molecule has 2 N–H and O–H groups in total. The van der Waals surface area contributed by atoms with E-state index in [0.29, 0.717) is 18.7 Å². The van der Waals surface area contributed by atoms with Crippen LogP contribution in [0.25, 0.3) is 0 Å². The van der Waals surface area contributed by atoms with E-state index in [1.165, 1.54) is 0 Å². The van der Waals surface area contributed by atoms with Gasteiger partial charge in [0.1, 0.15) is 18.1 Å². The topological polar surface area (TPSA) is 61.8 Å². The van der Waals surface area contributed by atoms with Crippen LogP contribution in [0.1, 0.15) is 35.3 Å². The average Bonchev–Trinajstić information content (AvgIpc) is 2.66. The van der Waals surface area contributed by atoms with Crippen molar-refractivity contribution in [3.63, 3.8) is 0 Å². The zero-order valence-corrected chi connectivity index (χ0v) is 15.8. The van der Waals surface area contributed by atoms with Crippen LogP contribution in [0, 0.1) is 6.92 Å². The number of phenols is 1. The molecule has 0 heterocycles. The number of nitrogens with one attached hydrogen (secondary N) is 1. The van der Waals surface area contributed by atoms with E-state index in [4.69, 9.17) is 4.74 Å². The molecule has 0 aromatic heterocycles. The molecule has 0 aliphatic heterocycles. The Hall–Kier alpha value is -2.53. The minimum Gasteiger partial charge on any atom is -0.507 e. The minimum atomic E-state index is -0.302. The Labute approximate surface area is 155 Å². The fourth-order valence-electron chi connectivity index (χ4n) is 2.73. The lowest BCUT2D eigenvalue weighted by Crippen LogP contribution is -2.28. The molecule has 0 aliphatic rings. The van der Waals surface area contributed by atoms with Gasteiger partial charge in [-0.3, -0.25) is 4.79 Å². The lowest BCUT2D eigenvalue weighted by Gasteiger charge is -2.19. The van der Waals surface area contributed by atoms with Crippen molar-refractivity contribution in [3.05, 3.63) is 59.2 Å². The van der Waals surface area contributed by atoms with Gasteiger partial charge in [0.25, 0.3) is 5.91 Å². The van der Waals surface area contributed by atoms with Crippen molar-refractivity contribution >= 4 is 5.91 Å². The summed E-state index contributed by atoms with van der Waals surface area (Å²) < 4.78 is 5.91. The highest BCUT2D eigenvalue weighted by Gasteiger charge is 2.13. The summed E-state index contributed by atoms with van der Waals surface area (Å²) in [5, 5.41) is 12.9. The summed E-state index contributed by atoms with van der Waals surface area (Å²) in [6.45, 7) is 9.84. The number of benzene rings is 2. The van der Waals surface area contributed by atoms with Gasteiger partial charge in [-0.15, -0.1) is 0 Å². The monoisotopic (exact) mass is 356 g/mol. The predicted molar refractivity (Wildman–Crippen MR) is 104 cm³/mol. The highest BCUT2D eigenvalue weighted by atomic mass is 16.5. The second-order valence-corrected chi connectivity index (χ2v) is 6.14. The number of nitrogens with zero attached hydrogens (tertiary/aromatic N) is 1. The molecule has 0 aliphatic carbocycles. The molecule has 2 aromatic rings. The first kappa shape index (κ1) is 19.8. The van der Waals surface area contributed by atoms with E-state index in [0.717, 1.165) is 30.9 Å². The lowest BCUT2D eigenvalue weighted by atomic mass is 10.1. The Balaban J connectivity index is 1.97. The van der Waals surface area contributed by atoms with Crippen molar-refractivity contribution in [1.29, 1.82) is 0 Å². The summed E-state index contributed by atoms with van der Waals surface area (Å²) in [5.74, 6) is 0.492. The van der Waals surface area contributed by atoms with Gasteiger partial charge >= 0.3 is 0 Å². The third kappa shape index (κ3) is 5.23. The average molecular weight is 356 g/mol. The van der Waals surface area contributed by atoms with Crippen LogP contribution in [0.3, 0.4) is 0 Å². The van der Waals surface area contributed by atoms with Gasteiger partial charge in [-0.05, 0) is 37.7 Å². The van der Waals surface area contributed by atoms with Gasteiger partial charge in [-0.2, -0.15) is 0 Å². The molecule has 0 radical (unpaired) electrons. The number of amides is 1. The molecular weight excluding hydrogens is 328 g/mol. The molecule has 0 saturated carbocycles. The first-order chi connectivity index (χ1) is 12.6. The highest BCUT2D eigenvalue weighted by Crippen LogP contribution is 2.22. The molecule has 0 spiro atoms. The third-order valence-electron chi connectivity index (χ3n) is 4.45. The number of aromatic hydroxyl groups is 1. The van der Waals surface area contributed by atoms with Crippen LogP contribution >= 0.6 is 0 Å². The van der Waals surface area contributed by atoms with E-state index in [2.05, 4.69) is 24.1 Å². The maximum absolute atomic E-state index is 12.4. The molecule has 5 heteroatoms. The number of hydrogen-bond donors (Lipinski definition) is 2. The largest absolute Gasteiger partial charge is 0.507 e. The van der Waals surface area contributed by atoms with Crippen LogP contribution in [0.15, 0.2) is 42.5 Å². The van der Waals surface area contributed by atoms with Crippen LogP contribution in [-0.4, -0.2) is 42.2 Å². The van der Waals surface area contributed by atoms with Gasteiger partial charge in [0.05, 0.1) is 5.56 Å². The summed E-state index contributed by atoms with van der Waals surface area (Å²) in [4.78, 5) is 14.7. The zero-order chi connectivity index (χ0) is 18.9. The molecule has 1 amide bonds.